The van der Waals surface area contributed by atoms with Crippen molar-refractivity contribution in [2.45, 2.75) is 12.8 Å². The second kappa shape index (κ2) is 9.31. The quantitative estimate of drug-likeness (QED) is 0.395. The summed E-state index contributed by atoms with van der Waals surface area (Å²) in [7, 11) is 0. The summed E-state index contributed by atoms with van der Waals surface area (Å²) in [5, 5.41) is 11.7. The molecule has 0 atom stereocenters. The molecule has 0 fully saturated rings. The smallest absolute Gasteiger partial charge is 0.310 e. The molecular formula is C25H19FN2O4. The van der Waals surface area contributed by atoms with Crippen molar-refractivity contribution in [2.75, 3.05) is 18.1 Å². The molecule has 160 valence electrons. The number of esters is 1. The minimum atomic E-state index is -0.610. The number of hydrogen-bond donors (Lipinski definition) is 0. The molecule has 0 saturated heterocycles. The first kappa shape index (κ1) is 21.1. The largest absolute Gasteiger partial charge is 0.464 e. The summed E-state index contributed by atoms with van der Waals surface area (Å²) in [4.78, 5) is 26.2. The highest BCUT2D eigenvalue weighted by molar-refractivity contribution is 6.08. The average Bonchev–Trinajstić information content (AvgIpc) is 3.22. The number of nitrogens with zero attached hydrogens (tertiary/aromatic N) is 2. The summed E-state index contributed by atoms with van der Waals surface area (Å²) in [5.41, 5.74) is 1.35. The van der Waals surface area contributed by atoms with E-state index in [9.17, 15) is 14.0 Å². The van der Waals surface area contributed by atoms with Gasteiger partial charge < -0.3 is 14.1 Å². The Morgan fingerprint density at radius 1 is 1.06 bits per heavy atom. The van der Waals surface area contributed by atoms with Crippen LogP contribution in [0.2, 0.25) is 0 Å². The SMILES string of the molecule is N#CCCN(C(=O)COC(=O)Cc1coc2ccc3ccccc3c12)c1ccccc1F. The van der Waals surface area contributed by atoms with Crippen molar-refractivity contribution >= 4 is 39.3 Å². The maximum Gasteiger partial charge on any atom is 0.310 e. The number of carbonyl (C=O) groups is 2. The Hall–Kier alpha value is -4.18. The number of anilines is 1. The molecule has 32 heavy (non-hydrogen) atoms. The van der Waals surface area contributed by atoms with Crippen LogP contribution >= 0.6 is 0 Å². The fraction of sp³-hybridized carbons (Fsp3) is 0.160. The van der Waals surface area contributed by atoms with E-state index in [2.05, 4.69) is 0 Å². The van der Waals surface area contributed by atoms with E-state index in [1.165, 1.54) is 24.5 Å². The van der Waals surface area contributed by atoms with Gasteiger partial charge in [0.1, 0.15) is 11.4 Å². The molecule has 0 bridgehead atoms. The lowest BCUT2D eigenvalue weighted by Crippen LogP contribution is -2.36. The summed E-state index contributed by atoms with van der Waals surface area (Å²) in [6.45, 7) is -0.568. The third-order valence-electron chi connectivity index (χ3n) is 5.12. The van der Waals surface area contributed by atoms with Crippen LogP contribution in [0, 0.1) is 17.1 Å². The maximum atomic E-state index is 14.2. The molecule has 1 heterocycles. The van der Waals surface area contributed by atoms with Crippen molar-refractivity contribution in [1.82, 2.24) is 0 Å². The van der Waals surface area contributed by atoms with Crippen molar-refractivity contribution in [3.05, 3.63) is 78.3 Å². The number of rotatable bonds is 7. The second-order valence-electron chi connectivity index (χ2n) is 7.16. The normalized spacial score (nSPS) is 10.8. The molecule has 0 spiro atoms. The fourth-order valence-electron chi connectivity index (χ4n) is 3.64. The predicted molar refractivity (Wildman–Crippen MR) is 117 cm³/mol. The van der Waals surface area contributed by atoms with Crippen LogP contribution in [0.25, 0.3) is 21.7 Å². The predicted octanol–water partition coefficient (Wildman–Crippen LogP) is 4.76. The van der Waals surface area contributed by atoms with Crippen LogP contribution in [-0.4, -0.2) is 25.0 Å². The van der Waals surface area contributed by atoms with Gasteiger partial charge in [-0.25, -0.2) is 4.39 Å². The summed E-state index contributed by atoms with van der Waals surface area (Å²) in [6.07, 6.45) is 1.45. The Bertz CT molecular complexity index is 1340. The van der Waals surface area contributed by atoms with Gasteiger partial charge in [-0.05, 0) is 29.0 Å². The first-order valence-electron chi connectivity index (χ1n) is 10.0. The van der Waals surface area contributed by atoms with E-state index in [0.717, 1.165) is 21.1 Å². The Kier molecular flexibility index (Phi) is 6.13. The molecular weight excluding hydrogens is 411 g/mol. The molecule has 0 N–H and O–H groups in total. The molecule has 1 aromatic heterocycles. The van der Waals surface area contributed by atoms with Crippen LogP contribution in [-0.2, 0) is 20.7 Å². The minimum absolute atomic E-state index is 0.00776. The molecule has 3 aromatic carbocycles. The van der Waals surface area contributed by atoms with Gasteiger partial charge in [0.05, 0.1) is 30.9 Å². The molecule has 0 aliphatic carbocycles. The van der Waals surface area contributed by atoms with Crippen molar-refractivity contribution in [3.8, 4) is 6.07 Å². The van der Waals surface area contributed by atoms with E-state index < -0.39 is 24.3 Å². The number of ether oxygens (including phenoxy) is 1. The molecule has 7 heteroatoms. The zero-order valence-corrected chi connectivity index (χ0v) is 17.1. The molecule has 4 rings (SSSR count). The van der Waals surface area contributed by atoms with Gasteiger partial charge in [0, 0.05) is 17.5 Å². The Labute approximate surface area is 183 Å². The fourth-order valence-corrected chi connectivity index (χ4v) is 3.64. The Morgan fingerprint density at radius 3 is 2.66 bits per heavy atom. The molecule has 1 amide bonds. The number of nitriles is 1. The monoisotopic (exact) mass is 430 g/mol. The lowest BCUT2D eigenvalue weighted by atomic mass is 10.0. The number of amides is 1. The zero-order chi connectivity index (χ0) is 22.5. The summed E-state index contributed by atoms with van der Waals surface area (Å²) < 4.78 is 24.9. The van der Waals surface area contributed by atoms with Gasteiger partial charge >= 0.3 is 5.97 Å². The number of carbonyl (C=O) groups excluding carboxylic acids is 2. The van der Waals surface area contributed by atoms with E-state index in [4.69, 9.17) is 14.4 Å². The second-order valence-corrected chi connectivity index (χ2v) is 7.16. The molecule has 4 aromatic rings. The van der Waals surface area contributed by atoms with E-state index in [-0.39, 0.29) is 25.1 Å². The highest BCUT2D eigenvalue weighted by Crippen LogP contribution is 2.30. The number of hydrogen-bond acceptors (Lipinski definition) is 5. The van der Waals surface area contributed by atoms with Crippen LogP contribution in [0.15, 0.2) is 71.3 Å². The van der Waals surface area contributed by atoms with Crippen molar-refractivity contribution in [1.29, 1.82) is 5.26 Å². The summed E-state index contributed by atoms with van der Waals surface area (Å²) >= 11 is 0. The van der Waals surface area contributed by atoms with E-state index in [1.54, 1.807) is 6.07 Å². The van der Waals surface area contributed by atoms with E-state index in [1.807, 2.05) is 42.5 Å². The van der Waals surface area contributed by atoms with Gasteiger partial charge in [-0.2, -0.15) is 5.26 Å². The van der Waals surface area contributed by atoms with Gasteiger partial charge in [0.25, 0.3) is 5.91 Å². The molecule has 0 unspecified atom stereocenters. The Balaban J connectivity index is 1.47. The molecule has 0 aliphatic heterocycles. The van der Waals surface area contributed by atoms with Crippen molar-refractivity contribution in [3.63, 3.8) is 0 Å². The number of halogens is 1. The van der Waals surface area contributed by atoms with Gasteiger partial charge in [0.2, 0.25) is 0 Å². The van der Waals surface area contributed by atoms with Gasteiger partial charge in [0.15, 0.2) is 6.61 Å². The van der Waals surface area contributed by atoms with Crippen LogP contribution < -0.4 is 4.90 Å². The average molecular weight is 430 g/mol. The molecule has 6 nitrogen and oxygen atoms in total. The van der Waals surface area contributed by atoms with E-state index >= 15 is 0 Å². The zero-order valence-electron chi connectivity index (χ0n) is 17.1. The van der Waals surface area contributed by atoms with Crippen molar-refractivity contribution in [2.24, 2.45) is 0 Å². The third kappa shape index (κ3) is 4.30. The molecule has 0 radical (unpaired) electrons. The first-order chi connectivity index (χ1) is 15.6. The molecule has 0 aliphatic rings. The summed E-state index contributed by atoms with van der Waals surface area (Å²) in [6, 6.07) is 19.2. The number of furan rings is 1. The van der Waals surface area contributed by atoms with Crippen LogP contribution in [0.5, 0.6) is 0 Å². The number of fused-ring (bicyclic) bond motifs is 3. The van der Waals surface area contributed by atoms with E-state index in [0.29, 0.717) is 11.1 Å². The lowest BCUT2D eigenvalue weighted by Gasteiger charge is -2.22. The van der Waals surface area contributed by atoms with Crippen LogP contribution in [0.1, 0.15) is 12.0 Å². The summed E-state index contributed by atoms with van der Waals surface area (Å²) in [5.74, 6) is -1.81. The minimum Gasteiger partial charge on any atom is -0.464 e. The van der Waals surface area contributed by atoms with Crippen LogP contribution in [0.4, 0.5) is 10.1 Å². The Morgan fingerprint density at radius 2 is 1.84 bits per heavy atom. The third-order valence-corrected chi connectivity index (χ3v) is 5.12. The van der Waals surface area contributed by atoms with Gasteiger partial charge in [-0.1, -0.05) is 42.5 Å². The highest BCUT2D eigenvalue weighted by Gasteiger charge is 2.21. The lowest BCUT2D eigenvalue weighted by molar-refractivity contribution is -0.147. The number of para-hydroxylation sites is 1. The van der Waals surface area contributed by atoms with Gasteiger partial charge in [-0.15, -0.1) is 0 Å². The molecule has 0 saturated carbocycles. The van der Waals surface area contributed by atoms with Gasteiger partial charge in [-0.3, -0.25) is 9.59 Å². The maximum absolute atomic E-state index is 14.2. The number of benzene rings is 3. The van der Waals surface area contributed by atoms with Crippen LogP contribution in [0.3, 0.4) is 0 Å². The highest BCUT2D eigenvalue weighted by atomic mass is 19.1. The standard InChI is InChI=1S/C25H19FN2O4/c26-20-8-3-4-9-21(20)28(13-5-12-27)23(29)16-32-24(30)14-18-15-31-22-11-10-17-6-1-2-7-19(17)25(18)22/h1-4,6-11,15H,5,13-14,16H2. The first-order valence-corrected chi connectivity index (χ1v) is 10.0. The van der Waals surface area contributed by atoms with Crippen molar-refractivity contribution < 1.29 is 23.1 Å². The topological polar surface area (TPSA) is 83.5 Å².